The fraction of sp³-hybridized carbons (Fsp3) is 0.571. The number of aliphatic hydroxyl groups excluding tert-OH is 1. The molecular weight excluding hydrogens is 285 g/mol. The van der Waals surface area contributed by atoms with Gasteiger partial charge in [0.2, 0.25) is 0 Å². The number of halogens is 2. The lowest BCUT2D eigenvalue weighted by Crippen LogP contribution is -2.31. The van der Waals surface area contributed by atoms with E-state index >= 15 is 0 Å². The predicted octanol–water partition coefficient (Wildman–Crippen LogP) is 3.32. The Morgan fingerprint density at radius 3 is 2.58 bits per heavy atom. The van der Waals surface area contributed by atoms with E-state index in [1.165, 1.54) is 12.8 Å². The van der Waals surface area contributed by atoms with E-state index in [0.717, 1.165) is 18.4 Å². The standard InChI is InChI=1S/C14H20ClNO2.ClH/c1-18-12-8-10(6-7-11(12)15)13(16)14(17)9-4-2-3-5-9;/h6-9,13-14,17H,2-5,16H2,1H3;1H/t13-,14+;/m1./s1. The number of aliphatic hydroxyl groups is 1. The molecule has 0 unspecified atom stereocenters. The van der Waals surface area contributed by atoms with Crippen molar-refractivity contribution >= 4 is 24.0 Å². The first-order chi connectivity index (χ1) is 8.63. The number of nitrogens with two attached hydrogens (primary N) is 1. The molecule has 3 nitrogen and oxygen atoms in total. The molecule has 1 aromatic rings. The Bertz CT molecular complexity index is 408. The first kappa shape index (κ1) is 16.6. The summed E-state index contributed by atoms with van der Waals surface area (Å²) < 4.78 is 5.17. The normalized spacial score (nSPS) is 18.7. The number of benzene rings is 1. The fourth-order valence-corrected chi connectivity index (χ4v) is 2.87. The molecule has 1 fully saturated rings. The molecule has 2 rings (SSSR count). The average Bonchev–Trinajstić information content (AvgIpc) is 2.91. The van der Waals surface area contributed by atoms with Crippen molar-refractivity contribution in [2.24, 2.45) is 11.7 Å². The maximum absolute atomic E-state index is 10.3. The molecule has 5 heteroatoms. The van der Waals surface area contributed by atoms with Crippen molar-refractivity contribution in [2.45, 2.75) is 37.8 Å². The van der Waals surface area contributed by atoms with Gasteiger partial charge in [-0.15, -0.1) is 12.4 Å². The van der Waals surface area contributed by atoms with E-state index < -0.39 is 6.10 Å². The third kappa shape index (κ3) is 3.76. The summed E-state index contributed by atoms with van der Waals surface area (Å²) in [5, 5.41) is 10.9. The second-order valence-electron chi connectivity index (χ2n) is 4.95. The molecular formula is C14H21Cl2NO2. The van der Waals surface area contributed by atoms with Crippen LogP contribution in [0.3, 0.4) is 0 Å². The minimum Gasteiger partial charge on any atom is -0.495 e. The summed E-state index contributed by atoms with van der Waals surface area (Å²) in [5.74, 6) is 0.921. The summed E-state index contributed by atoms with van der Waals surface area (Å²) in [6.07, 6.45) is 4.04. The lowest BCUT2D eigenvalue weighted by atomic mass is 9.91. The zero-order chi connectivity index (χ0) is 13.1. The van der Waals surface area contributed by atoms with Crippen LogP contribution in [0, 0.1) is 5.92 Å². The average molecular weight is 306 g/mol. The van der Waals surface area contributed by atoms with Crippen LogP contribution in [0.2, 0.25) is 5.02 Å². The summed E-state index contributed by atoms with van der Waals surface area (Å²) in [5.41, 5.74) is 7.01. The first-order valence-electron chi connectivity index (χ1n) is 6.40. The monoisotopic (exact) mass is 305 g/mol. The zero-order valence-electron chi connectivity index (χ0n) is 11.0. The highest BCUT2D eigenvalue weighted by Gasteiger charge is 2.29. The zero-order valence-corrected chi connectivity index (χ0v) is 12.6. The summed E-state index contributed by atoms with van der Waals surface area (Å²) in [4.78, 5) is 0. The van der Waals surface area contributed by atoms with Gasteiger partial charge in [-0.05, 0) is 36.5 Å². The van der Waals surface area contributed by atoms with Crippen molar-refractivity contribution in [3.63, 3.8) is 0 Å². The highest BCUT2D eigenvalue weighted by molar-refractivity contribution is 6.32. The fourth-order valence-electron chi connectivity index (χ4n) is 2.67. The van der Waals surface area contributed by atoms with Crippen molar-refractivity contribution in [3.05, 3.63) is 28.8 Å². The van der Waals surface area contributed by atoms with Gasteiger partial charge in [0.25, 0.3) is 0 Å². The quantitative estimate of drug-likeness (QED) is 0.897. The van der Waals surface area contributed by atoms with Gasteiger partial charge in [0.15, 0.2) is 0 Å². The second-order valence-corrected chi connectivity index (χ2v) is 5.36. The summed E-state index contributed by atoms with van der Waals surface area (Å²) in [6.45, 7) is 0. The van der Waals surface area contributed by atoms with Gasteiger partial charge in [0.1, 0.15) is 5.75 Å². The van der Waals surface area contributed by atoms with Crippen molar-refractivity contribution in [3.8, 4) is 5.75 Å². The lowest BCUT2D eigenvalue weighted by molar-refractivity contribution is 0.0844. The predicted molar refractivity (Wildman–Crippen MR) is 80.1 cm³/mol. The molecule has 0 heterocycles. The topological polar surface area (TPSA) is 55.5 Å². The maximum atomic E-state index is 10.3. The van der Waals surface area contributed by atoms with E-state index in [4.69, 9.17) is 22.1 Å². The number of hydrogen-bond donors (Lipinski definition) is 2. The summed E-state index contributed by atoms with van der Waals surface area (Å²) in [7, 11) is 1.57. The van der Waals surface area contributed by atoms with Gasteiger partial charge in [-0.3, -0.25) is 0 Å². The van der Waals surface area contributed by atoms with Crippen molar-refractivity contribution < 1.29 is 9.84 Å². The minimum atomic E-state index is -0.488. The smallest absolute Gasteiger partial charge is 0.137 e. The van der Waals surface area contributed by atoms with E-state index in [0.29, 0.717) is 16.7 Å². The largest absolute Gasteiger partial charge is 0.495 e. The number of hydrogen-bond acceptors (Lipinski definition) is 3. The molecule has 2 atom stereocenters. The molecule has 0 aromatic heterocycles. The van der Waals surface area contributed by atoms with Crippen molar-refractivity contribution in [1.82, 2.24) is 0 Å². The third-order valence-corrected chi connectivity index (χ3v) is 4.12. The molecule has 0 spiro atoms. The highest BCUT2D eigenvalue weighted by Crippen LogP contribution is 2.34. The molecule has 1 saturated carbocycles. The highest BCUT2D eigenvalue weighted by atomic mass is 35.5. The Hall–Kier alpha value is -0.480. The Morgan fingerprint density at radius 1 is 1.37 bits per heavy atom. The van der Waals surface area contributed by atoms with Gasteiger partial charge in [0.05, 0.1) is 24.3 Å². The SMILES string of the molecule is COc1cc([C@@H](N)[C@@H](O)C2CCCC2)ccc1Cl.Cl. The molecule has 0 bridgehead atoms. The first-order valence-corrected chi connectivity index (χ1v) is 6.78. The van der Waals surface area contributed by atoms with Gasteiger partial charge < -0.3 is 15.6 Å². The van der Waals surface area contributed by atoms with Crippen LogP contribution in [0.15, 0.2) is 18.2 Å². The molecule has 0 amide bonds. The number of rotatable bonds is 4. The molecule has 1 aliphatic carbocycles. The van der Waals surface area contributed by atoms with E-state index in [1.807, 2.05) is 12.1 Å². The van der Waals surface area contributed by atoms with Crippen LogP contribution in [0.5, 0.6) is 5.75 Å². The number of methoxy groups -OCH3 is 1. The Labute approximate surface area is 125 Å². The van der Waals surface area contributed by atoms with Crippen LogP contribution >= 0.6 is 24.0 Å². The Morgan fingerprint density at radius 2 is 2.00 bits per heavy atom. The van der Waals surface area contributed by atoms with Crippen LogP contribution < -0.4 is 10.5 Å². The van der Waals surface area contributed by atoms with Crippen LogP contribution in [-0.2, 0) is 0 Å². The Kier molecular flexibility index (Phi) is 6.40. The van der Waals surface area contributed by atoms with Crippen LogP contribution in [0.25, 0.3) is 0 Å². The van der Waals surface area contributed by atoms with Crippen molar-refractivity contribution in [1.29, 1.82) is 0 Å². The lowest BCUT2D eigenvalue weighted by Gasteiger charge is -2.25. The summed E-state index contributed by atoms with van der Waals surface area (Å²) >= 11 is 5.98. The van der Waals surface area contributed by atoms with E-state index in [2.05, 4.69) is 0 Å². The number of ether oxygens (including phenoxy) is 1. The van der Waals surface area contributed by atoms with Crippen molar-refractivity contribution in [2.75, 3.05) is 7.11 Å². The van der Waals surface area contributed by atoms with Gasteiger partial charge in [-0.1, -0.05) is 30.5 Å². The molecule has 0 aliphatic heterocycles. The third-order valence-electron chi connectivity index (χ3n) is 3.81. The molecule has 19 heavy (non-hydrogen) atoms. The van der Waals surface area contributed by atoms with Gasteiger partial charge >= 0.3 is 0 Å². The molecule has 0 saturated heterocycles. The Balaban J connectivity index is 0.00000180. The van der Waals surface area contributed by atoms with Gasteiger partial charge in [-0.2, -0.15) is 0 Å². The van der Waals surface area contributed by atoms with Crippen LogP contribution in [-0.4, -0.2) is 18.3 Å². The molecule has 1 aliphatic rings. The molecule has 108 valence electrons. The van der Waals surface area contributed by atoms with E-state index in [1.54, 1.807) is 13.2 Å². The van der Waals surface area contributed by atoms with E-state index in [9.17, 15) is 5.11 Å². The van der Waals surface area contributed by atoms with Crippen LogP contribution in [0.1, 0.15) is 37.3 Å². The van der Waals surface area contributed by atoms with Gasteiger partial charge in [-0.25, -0.2) is 0 Å². The van der Waals surface area contributed by atoms with Crippen LogP contribution in [0.4, 0.5) is 0 Å². The minimum absolute atomic E-state index is 0. The summed E-state index contributed by atoms with van der Waals surface area (Å²) in [6, 6.07) is 5.05. The second kappa shape index (κ2) is 7.34. The molecule has 0 radical (unpaired) electrons. The van der Waals surface area contributed by atoms with Gasteiger partial charge in [0, 0.05) is 0 Å². The molecule has 3 N–H and O–H groups in total. The van der Waals surface area contributed by atoms with E-state index in [-0.39, 0.29) is 18.4 Å². The molecule has 1 aromatic carbocycles. The maximum Gasteiger partial charge on any atom is 0.137 e.